The molecule has 0 atom stereocenters. The van der Waals surface area contributed by atoms with Gasteiger partial charge in [0.25, 0.3) is 0 Å². The molecule has 1 aromatic rings. The Morgan fingerprint density at radius 3 is 2.93 bits per heavy atom. The SMILES string of the molecule is COC(=O)c1cc(SCC(=O)O)ccn1. The maximum Gasteiger partial charge on any atom is 0.356 e. The Morgan fingerprint density at radius 1 is 1.60 bits per heavy atom. The summed E-state index contributed by atoms with van der Waals surface area (Å²) >= 11 is 1.12. The summed E-state index contributed by atoms with van der Waals surface area (Å²) in [6, 6.07) is 3.14. The average Bonchev–Trinajstić information content (AvgIpc) is 2.25. The second kappa shape index (κ2) is 5.35. The van der Waals surface area contributed by atoms with Crippen molar-refractivity contribution in [2.75, 3.05) is 12.9 Å². The molecule has 0 spiro atoms. The molecule has 0 bridgehead atoms. The molecule has 0 unspecified atom stereocenters. The van der Waals surface area contributed by atoms with Crippen molar-refractivity contribution in [1.82, 2.24) is 4.98 Å². The minimum Gasteiger partial charge on any atom is -0.481 e. The average molecular weight is 227 g/mol. The number of carbonyl (C=O) groups is 2. The summed E-state index contributed by atoms with van der Waals surface area (Å²) in [6.07, 6.45) is 1.44. The van der Waals surface area contributed by atoms with Crippen LogP contribution in [0.5, 0.6) is 0 Å². The molecule has 0 aliphatic rings. The second-order valence-electron chi connectivity index (χ2n) is 2.55. The summed E-state index contributed by atoms with van der Waals surface area (Å²) in [6.45, 7) is 0. The zero-order valence-corrected chi connectivity index (χ0v) is 8.78. The summed E-state index contributed by atoms with van der Waals surface area (Å²) < 4.78 is 4.49. The van der Waals surface area contributed by atoms with Gasteiger partial charge in [-0.1, -0.05) is 0 Å². The molecule has 15 heavy (non-hydrogen) atoms. The highest BCUT2D eigenvalue weighted by Gasteiger charge is 2.08. The van der Waals surface area contributed by atoms with Crippen molar-refractivity contribution in [3.63, 3.8) is 0 Å². The quantitative estimate of drug-likeness (QED) is 0.612. The molecule has 0 saturated carbocycles. The first kappa shape index (κ1) is 11.5. The van der Waals surface area contributed by atoms with Crippen LogP contribution in [0.4, 0.5) is 0 Å². The Bertz CT molecular complexity index is 380. The number of methoxy groups -OCH3 is 1. The van der Waals surface area contributed by atoms with Crippen LogP contribution >= 0.6 is 11.8 Å². The van der Waals surface area contributed by atoms with E-state index in [1.807, 2.05) is 0 Å². The molecule has 0 radical (unpaired) electrons. The van der Waals surface area contributed by atoms with E-state index in [4.69, 9.17) is 5.11 Å². The molecule has 0 aromatic carbocycles. The lowest BCUT2D eigenvalue weighted by Crippen LogP contribution is -2.04. The molecule has 5 nitrogen and oxygen atoms in total. The third-order valence-corrected chi connectivity index (χ3v) is 2.47. The van der Waals surface area contributed by atoms with Gasteiger partial charge in [0.2, 0.25) is 0 Å². The van der Waals surface area contributed by atoms with Gasteiger partial charge in [-0.15, -0.1) is 11.8 Å². The molecule has 1 aromatic heterocycles. The van der Waals surface area contributed by atoms with Crippen LogP contribution in [0, 0.1) is 0 Å². The minimum absolute atomic E-state index is 0.0510. The number of carboxylic acids is 1. The van der Waals surface area contributed by atoms with Crippen molar-refractivity contribution in [1.29, 1.82) is 0 Å². The Kier molecular flexibility index (Phi) is 4.11. The number of thioether (sulfide) groups is 1. The zero-order valence-electron chi connectivity index (χ0n) is 7.97. The minimum atomic E-state index is -0.906. The number of aliphatic carboxylic acids is 1. The van der Waals surface area contributed by atoms with Gasteiger partial charge in [0.05, 0.1) is 12.9 Å². The maximum absolute atomic E-state index is 11.1. The fourth-order valence-electron chi connectivity index (χ4n) is 0.862. The van der Waals surface area contributed by atoms with E-state index in [0.29, 0.717) is 4.90 Å². The smallest absolute Gasteiger partial charge is 0.356 e. The Balaban J connectivity index is 2.74. The zero-order chi connectivity index (χ0) is 11.3. The van der Waals surface area contributed by atoms with E-state index in [2.05, 4.69) is 9.72 Å². The molecule has 80 valence electrons. The number of pyridine rings is 1. The van der Waals surface area contributed by atoms with Gasteiger partial charge in [0.15, 0.2) is 0 Å². The number of hydrogen-bond donors (Lipinski definition) is 1. The molecule has 1 N–H and O–H groups in total. The van der Waals surface area contributed by atoms with E-state index in [-0.39, 0.29) is 11.4 Å². The highest BCUT2D eigenvalue weighted by atomic mass is 32.2. The maximum atomic E-state index is 11.1. The molecule has 0 saturated heterocycles. The van der Waals surface area contributed by atoms with Crippen LogP contribution in [0.1, 0.15) is 10.5 Å². The summed E-state index contributed by atoms with van der Waals surface area (Å²) in [5, 5.41) is 8.47. The number of rotatable bonds is 4. The van der Waals surface area contributed by atoms with E-state index in [1.54, 1.807) is 6.07 Å². The van der Waals surface area contributed by atoms with Gasteiger partial charge in [-0.25, -0.2) is 9.78 Å². The lowest BCUT2D eigenvalue weighted by molar-refractivity contribution is -0.133. The molecule has 1 rings (SSSR count). The van der Waals surface area contributed by atoms with Crippen molar-refractivity contribution in [2.24, 2.45) is 0 Å². The molecule has 0 fully saturated rings. The fraction of sp³-hybridized carbons (Fsp3) is 0.222. The van der Waals surface area contributed by atoms with Crippen LogP contribution in [0.25, 0.3) is 0 Å². The number of carboxylic acid groups (broad SMARTS) is 1. The first-order valence-corrected chi connectivity index (χ1v) is 5.01. The molecule has 1 heterocycles. The van der Waals surface area contributed by atoms with E-state index >= 15 is 0 Å². The highest BCUT2D eigenvalue weighted by Crippen LogP contribution is 2.17. The summed E-state index contributed by atoms with van der Waals surface area (Å²) in [5.41, 5.74) is 0.174. The number of hydrogen-bond acceptors (Lipinski definition) is 5. The van der Waals surface area contributed by atoms with Crippen LogP contribution in [-0.2, 0) is 9.53 Å². The molecular weight excluding hydrogens is 218 g/mol. The van der Waals surface area contributed by atoms with Crippen LogP contribution in [0.15, 0.2) is 23.2 Å². The lowest BCUT2D eigenvalue weighted by atomic mass is 10.3. The van der Waals surface area contributed by atoms with Gasteiger partial charge < -0.3 is 9.84 Å². The normalized spacial score (nSPS) is 9.67. The van der Waals surface area contributed by atoms with Crippen molar-refractivity contribution in [2.45, 2.75) is 4.90 Å². The van der Waals surface area contributed by atoms with E-state index < -0.39 is 11.9 Å². The lowest BCUT2D eigenvalue weighted by Gasteiger charge is -2.01. The van der Waals surface area contributed by atoms with Crippen LogP contribution in [-0.4, -0.2) is 34.9 Å². The number of esters is 1. The number of nitrogens with zero attached hydrogens (tertiary/aromatic N) is 1. The Morgan fingerprint density at radius 2 is 2.33 bits per heavy atom. The predicted molar refractivity (Wildman–Crippen MR) is 53.9 cm³/mol. The molecule has 0 amide bonds. The van der Waals surface area contributed by atoms with Gasteiger partial charge in [0.1, 0.15) is 5.69 Å². The topological polar surface area (TPSA) is 76.5 Å². The number of aromatic nitrogens is 1. The monoisotopic (exact) mass is 227 g/mol. The summed E-state index contributed by atoms with van der Waals surface area (Å²) in [4.78, 5) is 25.9. The van der Waals surface area contributed by atoms with Crippen molar-refractivity contribution >= 4 is 23.7 Å². The largest absolute Gasteiger partial charge is 0.481 e. The van der Waals surface area contributed by atoms with Crippen molar-refractivity contribution in [3.05, 3.63) is 24.0 Å². The fourth-order valence-corrected chi connectivity index (χ4v) is 1.50. The van der Waals surface area contributed by atoms with Crippen molar-refractivity contribution in [3.8, 4) is 0 Å². The summed E-state index contributed by atoms with van der Waals surface area (Å²) in [7, 11) is 1.26. The molecule has 0 aliphatic heterocycles. The van der Waals surface area contributed by atoms with Crippen LogP contribution in [0.2, 0.25) is 0 Å². The number of carbonyl (C=O) groups excluding carboxylic acids is 1. The van der Waals surface area contributed by atoms with Crippen LogP contribution < -0.4 is 0 Å². The predicted octanol–water partition coefficient (Wildman–Crippen LogP) is 1.04. The first-order valence-electron chi connectivity index (χ1n) is 4.02. The summed E-state index contributed by atoms with van der Waals surface area (Å²) in [5.74, 6) is -1.49. The number of ether oxygens (including phenoxy) is 1. The van der Waals surface area contributed by atoms with Gasteiger partial charge in [-0.05, 0) is 12.1 Å². The second-order valence-corrected chi connectivity index (χ2v) is 3.60. The third-order valence-electron chi connectivity index (χ3n) is 1.49. The molecule has 0 aliphatic carbocycles. The standard InChI is InChI=1S/C9H9NO4S/c1-14-9(13)7-4-6(2-3-10-7)15-5-8(11)12/h2-4H,5H2,1H3,(H,11,12). The van der Waals surface area contributed by atoms with E-state index in [1.165, 1.54) is 19.4 Å². The Hall–Kier alpha value is -1.56. The van der Waals surface area contributed by atoms with Crippen LogP contribution in [0.3, 0.4) is 0 Å². The third kappa shape index (κ3) is 3.59. The molecular formula is C9H9NO4S. The van der Waals surface area contributed by atoms with Crippen molar-refractivity contribution < 1.29 is 19.4 Å². The van der Waals surface area contributed by atoms with Gasteiger partial charge >= 0.3 is 11.9 Å². The molecule has 6 heteroatoms. The van der Waals surface area contributed by atoms with Gasteiger partial charge in [-0.3, -0.25) is 4.79 Å². The van der Waals surface area contributed by atoms with Gasteiger partial charge in [0, 0.05) is 11.1 Å². The first-order chi connectivity index (χ1) is 7.13. The Labute approximate surface area is 90.5 Å². The van der Waals surface area contributed by atoms with E-state index in [0.717, 1.165) is 11.8 Å². The highest BCUT2D eigenvalue weighted by molar-refractivity contribution is 8.00. The van der Waals surface area contributed by atoms with Gasteiger partial charge in [-0.2, -0.15) is 0 Å². The van der Waals surface area contributed by atoms with E-state index in [9.17, 15) is 9.59 Å².